The maximum absolute atomic E-state index is 12.1. The summed E-state index contributed by atoms with van der Waals surface area (Å²) in [6.07, 6.45) is 1.74. The van der Waals surface area contributed by atoms with Gasteiger partial charge < -0.3 is 14.4 Å². The van der Waals surface area contributed by atoms with Gasteiger partial charge >= 0.3 is 5.97 Å². The van der Waals surface area contributed by atoms with E-state index in [0.29, 0.717) is 21.5 Å². The van der Waals surface area contributed by atoms with Crippen molar-refractivity contribution in [2.45, 2.75) is 27.7 Å². The Balaban J connectivity index is 2.06. The molecule has 0 radical (unpaired) electrons. The summed E-state index contributed by atoms with van der Waals surface area (Å²) >= 11 is 12.4. The van der Waals surface area contributed by atoms with Crippen LogP contribution >= 0.6 is 23.2 Å². The molecule has 28 heavy (non-hydrogen) atoms. The number of rotatable bonds is 4. The Kier molecular flexibility index (Phi) is 5.68. The van der Waals surface area contributed by atoms with E-state index in [0.717, 1.165) is 22.6 Å². The molecule has 1 aromatic heterocycles. The van der Waals surface area contributed by atoms with E-state index in [9.17, 15) is 9.90 Å². The van der Waals surface area contributed by atoms with Crippen molar-refractivity contribution in [2.75, 3.05) is 6.61 Å². The third-order valence-corrected chi connectivity index (χ3v) is 5.06. The van der Waals surface area contributed by atoms with Crippen LogP contribution in [-0.4, -0.2) is 28.0 Å². The number of aliphatic hydroxyl groups excluding tert-OH is 1. The van der Waals surface area contributed by atoms with Crippen molar-refractivity contribution >= 4 is 41.0 Å². The van der Waals surface area contributed by atoms with E-state index in [-0.39, 0.29) is 17.9 Å². The lowest BCUT2D eigenvalue weighted by molar-refractivity contribution is -0.138. The monoisotopic (exact) mass is 418 g/mol. The molecule has 2 aromatic rings. The first-order valence-electron chi connectivity index (χ1n) is 8.77. The smallest absolute Gasteiger partial charge is 0.343 e. The van der Waals surface area contributed by atoms with Gasteiger partial charge in [0.1, 0.15) is 11.3 Å². The van der Waals surface area contributed by atoms with Gasteiger partial charge in [-0.25, -0.2) is 9.79 Å². The molecule has 0 saturated heterocycles. The van der Waals surface area contributed by atoms with Crippen molar-refractivity contribution in [2.24, 2.45) is 4.99 Å². The molecule has 1 aliphatic rings. The lowest BCUT2D eigenvalue weighted by atomic mass is 10.1. The standard InChI is InChI=1S/C21H20Cl2N2O3/c1-5-28-21(27)19-12(3)24-17(20(19)26)9-14-8-11(2)25(13(14)4)18-7-6-15(22)10-16(18)23/h6-10,26H,5H2,1-4H3/b17-9-. The number of esters is 1. The Hall–Kier alpha value is -2.50. The van der Waals surface area contributed by atoms with Crippen LogP contribution in [0.3, 0.4) is 0 Å². The molecule has 5 nitrogen and oxygen atoms in total. The largest absolute Gasteiger partial charge is 0.505 e. The molecule has 3 rings (SSSR count). The highest BCUT2D eigenvalue weighted by Crippen LogP contribution is 2.32. The number of aliphatic imine (C=N–C) groups is 1. The van der Waals surface area contributed by atoms with Crippen molar-refractivity contribution in [3.8, 4) is 5.69 Å². The Labute approximate surface area is 173 Å². The molecule has 0 amide bonds. The molecule has 0 bridgehead atoms. The van der Waals surface area contributed by atoms with Crippen molar-refractivity contribution in [1.82, 2.24) is 4.57 Å². The van der Waals surface area contributed by atoms with E-state index in [1.807, 2.05) is 30.5 Å². The minimum absolute atomic E-state index is 0.0997. The molecular weight excluding hydrogens is 399 g/mol. The quantitative estimate of drug-likeness (QED) is 0.657. The van der Waals surface area contributed by atoms with E-state index in [1.54, 1.807) is 32.1 Å². The number of carbonyl (C=O) groups is 1. The van der Waals surface area contributed by atoms with E-state index in [1.165, 1.54) is 0 Å². The highest BCUT2D eigenvalue weighted by Gasteiger charge is 2.28. The normalized spacial score (nSPS) is 15.4. The zero-order valence-corrected chi connectivity index (χ0v) is 17.5. The maximum atomic E-state index is 12.1. The summed E-state index contributed by atoms with van der Waals surface area (Å²) in [5.41, 5.74) is 4.39. The lowest BCUT2D eigenvalue weighted by Crippen LogP contribution is -2.13. The van der Waals surface area contributed by atoms with Gasteiger partial charge in [0.25, 0.3) is 0 Å². The van der Waals surface area contributed by atoms with Crippen LogP contribution in [0.25, 0.3) is 11.8 Å². The zero-order chi connectivity index (χ0) is 20.6. The van der Waals surface area contributed by atoms with Crippen LogP contribution in [0, 0.1) is 13.8 Å². The van der Waals surface area contributed by atoms with Gasteiger partial charge in [0.2, 0.25) is 0 Å². The average molecular weight is 419 g/mol. The molecule has 146 valence electrons. The molecule has 7 heteroatoms. The minimum atomic E-state index is -0.580. The molecule has 0 unspecified atom stereocenters. The van der Waals surface area contributed by atoms with Gasteiger partial charge in [-0.2, -0.15) is 0 Å². The van der Waals surface area contributed by atoms with Crippen LogP contribution in [0.1, 0.15) is 30.8 Å². The molecule has 0 aliphatic carbocycles. The summed E-state index contributed by atoms with van der Waals surface area (Å²) in [5.74, 6) is -0.756. The Morgan fingerprint density at radius 1 is 1.25 bits per heavy atom. The summed E-state index contributed by atoms with van der Waals surface area (Å²) in [7, 11) is 0. The second-order valence-electron chi connectivity index (χ2n) is 6.43. The molecule has 0 atom stereocenters. The number of nitrogens with zero attached hydrogens (tertiary/aromatic N) is 2. The van der Waals surface area contributed by atoms with Crippen molar-refractivity contribution in [3.63, 3.8) is 0 Å². The number of carbonyl (C=O) groups excluding carboxylic acids is 1. The Bertz CT molecular complexity index is 1060. The fourth-order valence-electron chi connectivity index (χ4n) is 3.25. The predicted molar refractivity (Wildman–Crippen MR) is 113 cm³/mol. The summed E-state index contributed by atoms with van der Waals surface area (Å²) in [6.45, 7) is 7.52. The summed E-state index contributed by atoms with van der Waals surface area (Å²) in [4.78, 5) is 16.4. The molecule has 0 spiro atoms. The Morgan fingerprint density at radius 2 is 1.96 bits per heavy atom. The average Bonchev–Trinajstić information content (AvgIpc) is 3.04. The fraction of sp³-hybridized carbons (Fsp3) is 0.238. The number of aryl methyl sites for hydroxylation is 1. The highest BCUT2D eigenvalue weighted by molar-refractivity contribution is 6.35. The van der Waals surface area contributed by atoms with Gasteiger partial charge in [0, 0.05) is 16.4 Å². The molecule has 1 N–H and O–H groups in total. The summed E-state index contributed by atoms with van der Waals surface area (Å²) in [6, 6.07) is 7.30. The molecular formula is C21H20Cl2N2O3. The van der Waals surface area contributed by atoms with E-state index < -0.39 is 5.97 Å². The van der Waals surface area contributed by atoms with Gasteiger partial charge in [-0.3, -0.25) is 0 Å². The van der Waals surface area contributed by atoms with Crippen molar-refractivity contribution in [1.29, 1.82) is 0 Å². The molecule has 2 heterocycles. The van der Waals surface area contributed by atoms with Crippen molar-refractivity contribution in [3.05, 3.63) is 68.3 Å². The molecule has 0 fully saturated rings. The highest BCUT2D eigenvalue weighted by atomic mass is 35.5. The van der Waals surface area contributed by atoms with E-state index in [4.69, 9.17) is 27.9 Å². The van der Waals surface area contributed by atoms with Gasteiger partial charge in [-0.05, 0) is 63.6 Å². The van der Waals surface area contributed by atoms with Gasteiger partial charge in [-0.1, -0.05) is 23.2 Å². The van der Waals surface area contributed by atoms with Crippen LogP contribution in [0.4, 0.5) is 0 Å². The minimum Gasteiger partial charge on any atom is -0.505 e. The molecule has 0 saturated carbocycles. The number of aliphatic hydroxyl groups is 1. The number of aromatic nitrogens is 1. The number of ether oxygens (including phenoxy) is 1. The first-order chi connectivity index (χ1) is 13.2. The lowest BCUT2D eigenvalue weighted by Gasteiger charge is -2.12. The SMILES string of the molecule is CCOC(=O)C1=C(O)/C(=C/c2cc(C)n(-c3ccc(Cl)cc3Cl)c2C)N=C1C. The molecule has 1 aliphatic heterocycles. The van der Waals surface area contributed by atoms with Crippen LogP contribution in [0.2, 0.25) is 10.0 Å². The maximum Gasteiger partial charge on any atom is 0.343 e. The second-order valence-corrected chi connectivity index (χ2v) is 7.27. The van der Waals surface area contributed by atoms with Crippen LogP contribution in [0.5, 0.6) is 0 Å². The van der Waals surface area contributed by atoms with Gasteiger partial charge in [0.15, 0.2) is 5.76 Å². The number of halogens is 2. The van der Waals surface area contributed by atoms with Crippen molar-refractivity contribution < 1.29 is 14.6 Å². The Morgan fingerprint density at radius 3 is 2.61 bits per heavy atom. The van der Waals surface area contributed by atoms with Crippen LogP contribution < -0.4 is 0 Å². The zero-order valence-electron chi connectivity index (χ0n) is 16.0. The second kappa shape index (κ2) is 7.86. The predicted octanol–water partition coefficient (Wildman–Crippen LogP) is 5.59. The van der Waals surface area contributed by atoms with E-state index >= 15 is 0 Å². The number of benzene rings is 1. The topological polar surface area (TPSA) is 63.8 Å². The van der Waals surface area contributed by atoms with Gasteiger partial charge in [-0.15, -0.1) is 0 Å². The third kappa shape index (κ3) is 3.60. The van der Waals surface area contributed by atoms with E-state index in [2.05, 4.69) is 4.99 Å². The first kappa shape index (κ1) is 20.2. The summed E-state index contributed by atoms with van der Waals surface area (Å²) in [5, 5.41) is 11.6. The number of hydrogen-bond acceptors (Lipinski definition) is 4. The number of hydrogen-bond donors (Lipinski definition) is 1. The molecule has 1 aromatic carbocycles. The van der Waals surface area contributed by atoms with Crippen LogP contribution in [0.15, 0.2) is 46.3 Å². The van der Waals surface area contributed by atoms with Crippen LogP contribution in [-0.2, 0) is 9.53 Å². The first-order valence-corrected chi connectivity index (χ1v) is 9.52. The fourth-order valence-corrected chi connectivity index (χ4v) is 3.74. The third-order valence-electron chi connectivity index (χ3n) is 4.52. The summed E-state index contributed by atoms with van der Waals surface area (Å²) < 4.78 is 7.00. The van der Waals surface area contributed by atoms with Gasteiger partial charge in [0.05, 0.1) is 23.0 Å².